The summed E-state index contributed by atoms with van der Waals surface area (Å²) >= 11 is 0. The monoisotopic (exact) mass is 387 g/mol. The lowest BCUT2D eigenvalue weighted by Crippen LogP contribution is -2.52. The Morgan fingerprint density at radius 2 is 1.75 bits per heavy atom. The summed E-state index contributed by atoms with van der Waals surface area (Å²) in [4.78, 5) is 38.9. The first-order valence-corrected chi connectivity index (χ1v) is 10.3. The highest BCUT2D eigenvalue weighted by Gasteiger charge is 2.39. The van der Waals surface area contributed by atoms with Crippen molar-refractivity contribution in [1.82, 2.24) is 4.90 Å². The highest BCUT2D eigenvalue weighted by molar-refractivity contribution is 6.38. The first-order chi connectivity index (χ1) is 13.2. The molecule has 1 aliphatic rings. The molecule has 0 spiro atoms. The summed E-state index contributed by atoms with van der Waals surface area (Å²) < 4.78 is 5.44. The average molecular weight is 388 g/mol. The van der Waals surface area contributed by atoms with Crippen molar-refractivity contribution in [2.24, 2.45) is 5.41 Å². The van der Waals surface area contributed by atoms with Gasteiger partial charge in [0, 0.05) is 12.0 Å². The number of hydrogen-bond acceptors (Lipinski definition) is 4. The molecule has 1 aromatic carbocycles. The van der Waals surface area contributed by atoms with Crippen LogP contribution < -0.4 is 0 Å². The standard InChI is InChI=1S/C23H33NO4/c1-17-11-13-18(14-12-17)9-6-8-16-28-22(27)19-10-5-7-15-24(19)21(26)20(25)23(2,3)4/h11-14,19H,5-10,15-16H2,1-4H3/t19-/m0/s1. The summed E-state index contributed by atoms with van der Waals surface area (Å²) in [6.45, 7) is 8.01. The minimum absolute atomic E-state index is 0.344. The molecule has 2 rings (SSSR count). The number of ketones is 1. The Morgan fingerprint density at radius 3 is 2.39 bits per heavy atom. The van der Waals surface area contributed by atoms with Crippen LogP contribution in [0.5, 0.6) is 0 Å². The number of amides is 1. The number of benzene rings is 1. The number of esters is 1. The summed E-state index contributed by atoms with van der Waals surface area (Å²) in [6.07, 6.45) is 4.90. The molecular formula is C23H33NO4. The van der Waals surface area contributed by atoms with Crippen molar-refractivity contribution in [3.63, 3.8) is 0 Å². The largest absolute Gasteiger partial charge is 0.464 e. The zero-order valence-electron chi connectivity index (χ0n) is 17.6. The molecule has 1 aliphatic heterocycles. The number of likely N-dealkylation sites (tertiary alicyclic amines) is 1. The van der Waals surface area contributed by atoms with Crippen molar-refractivity contribution in [3.8, 4) is 0 Å². The van der Waals surface area contributed by atoms with Gasteiger partial charge >= 0.3 is 5.97 Å². The predicted octanol–water partition coefficient (Wildman–Crippen LogP) is 3.86. The van der Waals surface area contributed by atoms with Crippen molar-refractivity contribution in [2.45, 2.75) is 72.3 Å². The van der Waals surface area contributed by atoms with Crippen LogP contribution in [0.3, 0.4) is 0 Å². The zero-order chi connectivity index (χ0) is 20.7. The van der Waals surface area contributed by atoms with Gasteiger partial charge in [0.25, 0.3) is 5.91 Å². The Balaban J connectivity index is 1.81. The van der Waals surface area contributed by atoms with Crippen molar-refractivity contribution >= 4 is 17.7 Å². The van der Waals surface area contributed by atoms with Gasteiger partial charge in [-0.25, -0.2) is 4.79 Å². The van der Waals surface area contributed by atoms with Crippen LogP contribution in [0.4, 0.5) is 0 Å². The fraction of sp³-hybridized carbons (Fsp3) is 0.609. The van der Waals surface area contributed by atoms with Crippen LogP contribution >= 0.6 is 0 Å². The minimum Gasteiger partial charge on any atom is -0.464 e. The van der Waals surface area contributed by atoms with Crippen molar-refractivity contribution in [1.29, 1.82) is 0 Å². The van der Waals surface area contributed by atoms with Crippen LogP contribution in [0.15, 0.2) is 24.3 Å². The maximum atomic E-state index is 12.6. The lowest BCUT2D eigenvalue weighted by molar-refractivity contribution is -0.160. The van der Waals surface area contributed by atoms with Gasteiger partial charge in [0.05, 0.1) is 6.61 Å². The molecule has 28 heavy (non-hydrogen) atoms. The van der Waals surface area contributed by atoms with E-state index in [9.17, 15) is 14.4 Å². The molecule has 0 unspecified atom stereocenters. The van der Waals surface area contributed by atoms with Crippen LogP contribution in [-0.4, -0.2) is 41.8 Å². The van der Waals surface area contributed by atoms with E-state index in [1.165, 1.54) is 16.0 Å². The molecule has 5 heteroatoms. The molecule has 0 radical (unpaired) electrons. The van der Waals surface area contributed by atoms with Gasteiger partial charge < -0.3 is 9.64 Å². The number of aryl methyl sites for hydroxylation is 2. The minimum atomic E-state index is -0.751. The Bertz CT molecular complexity index is 688. The number of Topliss-reactive ketones (excluding diaryl/α,β-unsaturated/α-hetero) is 1. The summed E-state index contributed by atoms with van der Waals surface area (Å²) in [5.41, 5.74) is 1.77. The Kier molecular flexibility index (Phi) is 7.78. The molecule has 1 atom stereocenters. The summed E-state index contributed by atoms with van der Waals surface area (Å²) in [7, 11) is 0. The summed E-state index contributed by atoms with van der Waals surface area (Å²) in [6, 6.07) is 7.81. The third-order valence-electron chi connectivity index (χ3n) is 5.14. The van der Waals surface area contributed by atoms with Crippen LogP contribution in [0.25, 0.3) is 0 Å². The molecule has 1 saturated heterocycles. The van der Waals surface area contributed by atoms with Crippen LogP contribution in [0.1, 0.15) is 64.0 Å². The van der Waals surface area contributed by atoms with Crippen LogP contribution in [0.2, 0.25) is 0 Å². The highest BCUT2D eigenvalue weighted by atomic mass is 16.5. The van der Waals surface area contributed by atoms with Crippen molar-refractivity contribution in [2.75, 3.05) is 13.2 Å². The highest BCUT2D eigenvalue weighted by Crippen LogP contribution is 2.23. The third-order valence-corrected chi connectivity index (χ3v) is 5.14. The number of hydrogen-bond donors (Lipinski definition) is 0. The molecule has 0 aliphatic carbocycles. The van der Waals surface area contributed by atoms with Crippen molar-refractivity contribution in [3.05, 3.63) is 35.4 Å². The van der Waals surface area contributed by atoms with Gasteiger partial charge in [0.2, 0.25) is 5.78 Å². The fourth-order valence-electron chi connectivity index (χ4n) is 3.33. The van der Waals surface area contributed by atoms with Gasteiger partial charge in [0.15, 0.2) is 0 Å². The fourth-order valence-corrected chi connectivity index (χ4v) is 3.33. The Hall–Kier alpha value is -2.17. The number of unbranched alkanes of at least 4 members (excludes halogenated alkanes) is 1. The van der Waals surface area contributed by atoms with E-state index in [0.29, 0.717) is 19.6 Å². The summed E-state index contributed by atoms with van der Waals surface area (Å²) in [5, 5.41) is 0. The van der Waals surface area contributed by atoms with E-state index in [-0.39, 0.29) is 5.97 Å². The normalized spacial score (nSPS) is 17.3. The topological polar surface area (TPSA) is 63.7 Å². The quantitative estimate of drug-likeness (QED) is 0.405. The van der Waals surface area contributed by atoms with E-state index in [4.69, 9.17) is 4.74 Å². The van der Waals surface area contributed by atoms with Gasteiger partial charge in [-0.3, -0.25) is 9.59 Å². The Morgan fingerprint density at radius 1 is 1.07 bits per heavy atom. The molecule has 154 valence electrons. The average Bonchev–Trinajstić information content (AvgIpc) is 2.67. The second-order valence-electron chi connectivity index (χ2n) is 8.70. The van der Waals surface area contributed by atoms with Gasteiger partial charge in [0.1, 0.15) is 6.04 Å². The number of carbonyl (C=O) groups is 3. The number of ether oxygens (including phenoxy) is 1. The van der Waals surface area contributed by atoms with Gasteiger partial charge in [-0.15, -0.1) is 0 Å². The van der Waals surface area contributed by atoms with Gasteiger partial charge in [-0.1, -0.05) is 50.6 Å². The molecular weight excluding hydrogens is 354 g/mol. The lowest BCUT2D eigenvalue weighted by Gasteiger charge is -2.34. The maximum absolute atomic E-state index is 12.6. The summed E-state index contributed by atoms with van der Waals surface area (Å²) in [5.74, 6) is -1.40. The number of piperidine rings is 1. The molecule has 1 aromatic rings. The van der Waals surface area contributed by atoms with Crippen molar-refractivity contribution < 1.29 is 19.1 Å². The second kappa shape index (κ2) is 9.85. The van der Waals surface area contributed by atoms with Gasteiger partial charge in [-0.05, 0) is 51.0 Å². The molecule has 0 bridgehead atoms. The van der Waals surface area contributed by atoms with Crippen LogP contribution in [-0.2, 0) is 25.5 Å². The Labute approximate surface area is 168 Å². The molecule has 5 nitrogen and oxygen atoms in total. The van der Waals surface area contributed by atoms with E-state index < -0.39 is 23.1 Å². The number of rotatable bonds is 7. The molecule has 0 N–H and O–H groups in total. The first kappa shape index (κ1) is 22.1. The second-order valence-corrected chi connectivity index (χ2v) is 8.70. The van der Waals surface area contributed by atoms with E-state index in [2.05, 4.69) is 31.2 Å². The zero-order valence-corrected chi connectivity index (χ0v) is 17.6. The third kappa shape index (κ3) is 6.18. The molecule has 1 heterocycles. The number of nitrogens with zero attached hydrogens (tertiary/aromatic N) is 1. The SMILES string of the molecule is Cc1ccc(CCCCOC(=O)[C@@H]2CCCCN2C(=O)C(=O)C(C)(C)C)cc1. The van der Waals surface area contributed by atoms with E-state index >= 15 is 0 Å². The van der Waals surface area contributed by atoms with E-state index in [0.717, 1.165) is 32.1 Å². The lowest BCUT2D eigenvalue weighted by atomic mass is 9.89. The first-order valence-electron chi connectivity index (χ1n) is 10.3. The predicted molar refractivity (Wildman–Crippen MR) is 109 cm³/mol. The smallest absolute Gasteiger partial charge is 0.328 e. The van der Waals surface area contributed by atoms with E-state index in [1.807, 2.05) is 0 Å². The molecule has 0 saturated carbocycles. The number of carbonyl (C=O) groups excluding carboxylic acids is 3. The molecule has 1 fully saturated rings. The van der Waals surface area contributed by atoms with Gasteiger partial charge in [-0.2, -0.15) is 0 Å². The molecule has 1 amide bonds. The molecule has 0 aromatic heterocycles. The van der Waals surface area contributed by atoms with E-state index in [1.54, 1.807) is 20.8 Å². The van der Waals surface area contributed by atoms with Crippen LogP contribution in [0, 0.1) is 12.3 Å². The maximum Gasteiger partial charge on any atom is 0.328 e.